The Morgan fingerprint density at radius 3 is 1.89 bits per heavy atom. The normalized spacial score (nSPS) is 40.9. The minimum atomic E-state index is -4.67. The lowest BCUT2D eigenvalue weighted by molar-refractivity contribution is -0.346. The zero-order chi connectivity index (χ0) is 14.7. The van der Waals surface area contributed by atoms with Gasteiger partial charge in [-0.05, 0) is 0 Å². The average Bonchev–Trinajstić information content (AvgIpc) is 2.18. The monoisotopic (exact) mass is 293 g/mol. The van der Waals surface area contributed by atoms with E-state index in [1.165, 1.54) is 0 Å². The summed E-state index contributed by atoms with van der Waals surface area (Å²) < 4.78 is 36.1. The summed E-state index contributed by atoms with van der Waals surface area (Å²) >= 11 is 0. The molecule has 110 valence electrons. The topological polar surface area (TPSA) is 211 Å². The summed E-state index contributed by atoms with van der Waals surface area (Å²) in [6, 6.07) is 0. The van der Waals surface area contributed by atoms with Crippen molar-refractivity contribution in [3.8, 4) is 0 Å². The molecule has 1 heterocycles. The Labute approximate surface area is 102 Å². The third kappa shape index (κ3) is 5.49. The van der Waals surface area contributed by atoms with Crippen molar-refractivity contribution in [3.63, 3.8) is 0 Å². The summed E-state index contributed by atoms with van der Waals surface area (Å²) in [5, 5.41) is 45.2. The average molecular weight is 293 g/mol. The summed E-state index contributed by atoms with van der Waals surface area (Å²) in [7, 11) is -4.67. The molecule has 1 aliphatic rings. The van der Waals surface area contributed by atoms with Crippen LogP contribution in [-0.4, -0.2) is 80.0 Å². The number of aliphatic hydroxyl groups is 5. The molecule has 5 atom stereocenters. The van der Waals surface area contributed by atoms with Gasteiger partial charge in [0.2, 0.25) is 0 Å². The molecule has 0 aromatic heterocycles. The molecular formula is C6H15NO10S. The maximum Gasteiger partial charge on any atom is 0.394 e. The van der Waals surface area contributed by atoms with Crippen LogP contribution in [0.3, 0.4) is 0 Å². The Bertz CT molecular complexity index is 345. The number of nitrogens with two attached hydrogens (primary N) is 1. The van der Waals surface area contributed by atoms with Crippen LogP contribution in [0, 0.1) is 0 Å². The first-order valence-electron chi connectivity index (χ1n) is 4.44. The van der Waals surface area contributed by atoms with Crippen LogP contribution in [0.15, 0.2) is 0 Å². The van der Waals surface area contributed by atoms with E-state index in [9.17, 15) is 5.11 Å². The van der Waals surface area contributed by atoms with Gasteiger partial charge < -0.3 is 30.3 Å². The molecule has 0 spiro atoms. The highest BCUT2D eigenvalue weighted by Gasteiger charge is 2.50. The Kier molecular flexibility index (Phi) is 6.02. The van der Waals surface area contributed by atoms with Crippen LogP contribution in [0.25, 0.3) is 0 Å². The second-order valence-electron chi connectivity index (χ2n) is 3.46. The van der Waals surface area contributed by atoms with Gasteiger partial charge in [0.05, 0.1) is 6.61 Å². The highest BCUT2D eigenvalue weighted by atomic mass is 32.3. The number of hydrogen-bond donors (Lipinski definition) is 8. The van der Waals surface area contributed by atoms with Crippen LogP contribution in [0.1, 0.15) is 0 Å². The zero-order valence-electron chi connectivity index (χ0n) is 8.86. The lowest BCUT2D eigenvalue weighted by Gasteiger charge is -2.42. The molecule has 0 aromatic rings. The van der Waals surface area contributed by atoms with Crippen molar-refractivity contribution >= 4 is 10.4 Å². The van der Waals surface area contributed by atoms with Gasteiger partial charge in [0.15, 0.2) is 6.10 Å². The molecule has 0 saturated carbocycles. The van der Waals surface area contributed by atoms with Crippen LogP contribution in [0.4, 0.5) is 0 Å². The highest BCUT2D eigenvalue weighted by Crippen LogP contribution is 2.23. The number of rotatable bonds is 1. The fourth-order valence-electron chi connectivity index (χ4n) is 1.18. The largest absolute Gasteiger partial charge is 0.394 e. The van der Waals surface area contributed by atoms with Crippen molar-refractivity contribution in [2.24, 2.45) is 5.73 Å². The van der Waals surface area contributed by atoms with Crippen molar-refractivity contribution in [2.75, 3.05) is 6.61 Å². The Balaban J connectivity index is 0.000000494. The van der Waals surface area contributed by atoms with E-state index >= 15 is 0 Å². The third-order valence-corrected chi connectivity index (χ3v) is 2.00. The summed E-state index contributed by atoms with van der Waals surface area (Å²) in [6.45, 7) is -0.621. The van der Waals surface area contributed by atoms with Crippen LogP contribution in [0.2, 0.25) is 0 Å². The summed E-state index contributed by atoms with van der Waals surface area (Å²) in [6.07, 6.45) is -6.16. The smallest absolute Gasteiger partial charge is 0.394 e. The van der Waals surface area contributed by atoms with Gasteiger partial charge in [0.1, 0.15) is 18.3 Å². The van der Waals surface area contributed by atoms with Gasteiger partial charge in [-0.2, -0.15) is 8.42 Å². The first-order chi connectivity index (χ1) is 7.90. The zero-order valence-corrected chi connectivity index (χ0v) is 9.67. The predicted molar refractivity (Wildman–Crippen MR) is 53.3 cm³/mol. The van der Waals surface area contributed by atoms with Crippen LogP contribution in [-0.2, 0) is 15.1 Å². The fourth-order valence-corrected chi connectivity index (χ4v) is 1.18. The second-order valence-corrected chi connectivity index (χ2v) is 4.36. The van der Waals surface area contributed by atoms with Gasteiger partial charge in [-0.15, -0.1) is 0 Å². The highest BCUT2D eigenvalue weighted by molar-refractivity contribution is 7.79. The molecule has 18 heavy (non-hydrogen) atoms. The molecule has 9 N–H and O–H groups in total. The molecule has 0 aromatic carbocycles. The van der Waals surface area contributed by atoms with Crippen molar-refractivity contribution in [3.05, 3.63) is 0 Å². The van der Waals surface area contributed by atoms with E-state index in [1.807, 2.05) is 0 Å². The third-order valence-electron chi connectivity index (χ3n) is 2.00. The molecule has 1 rings (SSSR count). The number of hydrogen-bond acceptors (Lipinski definition) is 9. The lowest BCUT2D eigenvalue weighted by atomic mass is 9.97. The molecular weight excluding hydrogens is 278 g/mol. The van der Waals surface area contributed by atoms with Gasteiger partial charge in [0, 0.05) is 0 Å². The van der Waals surface area contributed by atoms with E-state index in [-0.39, 0.29) is 0 Å². The molecule has 0 bridgehead atoms. The first kappa shape index (κ1) is 17.6. The van der Waals surface area contributed by atoms with Gasteiger partial charge >= 0.3 is 10.4 Å². The molecule has 11 nitrogen and oxygen atoms in total. The van der Waals surface area contributed by atoms with Gasteiger partial charge in [-0.3, -0.25) is 14.8 Å². The minimum absolute atomic E-state index is 0.621. The maximum atomic E-state index is 9.18. The van der Waals surface area contributed by atoms with Gasteiger partial charge in [-0.25, -0.2) is 0 Å². The molecule has 1 aliphatic heterocycles. The van der Waals surface area contributed by atoms with Crippen molar-refractivity contribution in [1.82, 2.24) is 0 Å². The molecule has 0 amide bonds. The van der Waals surface area contributed by atoms with Crippen molar-refractivity contribution in [1.29, 1.82) is 0 Å². The SMILES string of the molecule is N[C@@]1(O)O[C@H](CO)[C@H](O)[C@H](O)[C@H]1O.O=S(=O)(O)O. The Morgan fingerprint density at radius 2 is 1.56 bits per heavy atom. The fraction of sp³-hybridized carbons (Fsp3) is 1.00. The minimum Gasteiger partial charge on any atom is -0.394 e. The van der Waals surface area contributed by atoms with E-state index in [2.05, 4.69) is 4.74 Å². The van der Waals surface area contributed by atoms with Crippen molar-refractivity contribution < 1.29 is 47.8 Å². The summed E-state index contributed by atoms with van der Waals surface area (Å²) in [5.41, 5.74) is 5.04. The molecule has 1 fully saturated rings. The van der Waals surface area contributed by atoms with E-state index in [1.54, 1.807) is 0 Å². The van der Waals surface area contributed by atoms with Gasteiger partial charge in [0.25, 0.3) is 5.91 Å². The molecule has 12 heteroatoms. The van der Waals surface area contributed by atoms with Gasteiger partial charge in [-0.1, -0.05) is 0 Å². The Morgan fingerprint density at radius 1 is 1.17 bits per heavy atom. The Hall–Kier alpha value is -0.410. The quantitative estimate of drug-likeness (QED) is 0.170. The van der Waals surface area contributed by atoms with Crippen molar-refractivity contribution in [2.45, 2.75) is 30.3 Å². The van der Waals surface area contributed by atoms with E-state index in [0.717, 1.165) is 0 Å². The van der Waals surface area contributed by atoms with Crippen LogP contribution < -0.4 is 5.73 Å². The van der Waals surface area contributed by atoms with Crippen LogP contribution >= 0.6 is 0 Å². The van der Waals surface area contributed by atoms with E-state index < -0.39 is 47.3 Å². The lowest BCUT2D eigenvalue weighted by Crippen LogP contribution is -2.69. The number of ether oxygens (including phenoxy) is 1. The predicted octanol–water partition coefficient (Wildman–Crippen LogP) is -4.59. The second kappa shape index (κ2) is 6.16. The molecule has 0 radical (unpaired) electrons. The van der Waals surface area contributed by atoms with E-state index in [4.69, 9.17) is 43.7 Å². The van der Waals surface area contributed by atoms with Crippen LogP contribution in [0.5, 0.6) is 0 Å². The standard InChI is InChI=1S/C6H13NO6.H2O4S/c7-6(12)5(11)4(10)3(9)2(1-8)13-6;1-5(2,3)4/h2-5,8-12H,1,7H2;(H2,1,2,3,4)/t2-,3+,4+,5-,6+;/m1./s1. The van der Waals surface area contributed by atoms with E-state index in [0.29, 0.717) is 0 Å². The first-order valence-corrected chi connectivity index (χ1v) is 5.84. The summed E-state index contributed by atoms with van der Waals surface area (Å²) in [5.74, 6) is -2.45. The number of aliphatic hydroxyl groups excluding tert-OH is 4. The molecule has 0 unspecified atom stereocenters. The maximum absolute atomic E-state index is 9.18. The molecule has 0 aliphatic carbocycles. The molecule has 1 saturated heterocycles. The summed E-state index contributed by atoms with van der Waals surface area (Å²) in [4.78, 5) is 0.